The highest BCUT2D eigenvalue weighted by atomic mass is 16.3. The van der Waals surface area contributed by atoms with Gasteiger partial charge in [-0.05, 0) is 38.5 Å². The van der Waals surface area contributed by atoms with Crippen LogP contribution in [0.25, 0.3) is 0 Å². The summed E-state index contributed by atoms with van der Waals surface area (Å²) in [7, 11) is 0. The van der Waals surface area contributed by atoms with Crippen molar-refractivity contribution in [1.82, 2.24) is 5.32 Å². The van der Waals surface area contributed by atoms with Crippen LogP contribution in [0.4, 0.5) is 0 Å². The lowest BCUT2D eigenvalue weighted by Crippen LogP contribution is -2.48. The minimum absolute atomic E-state index is 0.368. The Bertz CT molecular complexity index is 578. The van der Waals surface area contributed by atoms with Gasteiger partial charge in [0.1, 0.15) is 6.10 Å². The summed E-state index contributed by atoms with van der Waals surface area (Å²) in [5, 5.41) is 32.7. The summed E-state index contributed by atoms with van der Waals surface area (Å²) in [6.07, 6.45) is 33.4. The van der Waals surface area contributed by atoms with Crippen molar-refractivity contribution < 1.29 is 20.1 Å². The summed E-state index contributed by atoms with van der Waals surface area (Å²) in [5.74, 6) is -0.520. The minimum Gasteiger partial charge on any atom is -0.394 e. The number of allylic oxidation sites excluding steroid dienone is 3. The van der Waals surface area contributed by atoms with Gasteiger partial charge >= 0.3 is 0 Å². The Morgan fingerprint density at radius 2 is 1.05 bits per heavy atom. The largest absolute Gasteiger partial charge is 0.394 e. The first-order chi connectivity index (χ1) is 19.1. The third kappa shape index (κ3) is 25.5. The van der Waals surface area contributed by atoms with Crippen LogP contribution in [0, 0.1) is 0 Å². The van der Waals surface area contributed by atoms with Crippen LogP contribution in [-0.4, -0.2) is 46.1 Å². The van der Waals surface area contributed by atoms with E-state index in [1.165, 1.54) is 96.3 Å². The molecule has 0 aromatic heterocycles. The number of aliphatic hydroxyl groups is 3. The van der Waals surface area contributed by atoms with Crippen LogP contribution in [0.1, 0.15) is 162 Å². The number of hydrogen-bond donors (Lipinski definition) is 4. The maximum Gasteiger partial charge on any atom is 0.249 e. The van der Waals surface area contributed by atoms with Crippen molar-refractivity contribution in [3.63, 3.8) is 0 Å². The van der Waals surface area contributed by atoms with Gasteiger partial charge in [-0.25, -0.2) is 0 Å². The SMILES string of the molecule is CCCC/C=C\CCCCCC(O)C(=O)NC(CO)C(O)/C=C/CCCCCCCCCCCCCCCC. The second-order valence-corrected chi connectivity index (χ2v) is 11.4. The van der Waals surface area contributed by atoms with Crippen LogP contribution in [-0.2, 0) is 4.79 Å². The van der Waals surface area contributed by atoms with Crippen LogP contribution in [0.15, 0.2) is 24.3 Å². The zero-order valence-electron chi connectivity index (χ0n) is 25.8. The highest BCUT2D eigenvalue weighted by Crippen LogP contribution is 2.14. The summed E-state index contributed by atoms with van der Waals surface area (Å²) in [6.45, 7) is 4.09. The highest BCUT2D eigenvalue weighted by Gasteiger charge is 2.22. The van der Waals surface area contributed by atoms with Crippen LogP contribution in [0.2, 0.25) is 0 Å². The highest BCUT2D eigenvalue weighted by molar-refractivity contribution is 5.80. The zero-order chi connectivity index (χ0) is 28.8. The first-order valence-corrected chi connectivity index (χ1v) is 16.7. The third-order valence-corrected chi connectivity index (χ3v) is 7.54. The molecule has 3 unspecified atom stereocenters. The number of nitrogens with one attached hydrogen (secondary N) is 1. The fourth-order valence-corrected chi connectivity index (χ4v) is 4.81. The standard InChI is InChI=1S/C34H65NO4/c1-3-5-7-9-11-13-14-15-16-17-18-19-21-22-24-26-28-32(37)31(30-36)35-34(39)33(38)29-27-25-23-20-12-10-8-6-4-2/h10,12,26,28,31-33,36-38H,3-9,11,13-25,27,29-30H2,1-2H3,(H,35,39)/b12-10-,28-26+. The van der Waals surface area contributed by atoms with E-state index in [2.05, 4.69) is 31.3 Å². The number of aliphatic hydroxyl groups excluding tert-OH is 3. The van der Waals surface area contributed by atoms with Gasteiger partial charge in [0, 0.05) is 0 Å². The van der Waals surface area contributed by atoms with E-state index in [9.17, 15) is 20.1 Å². The number of unbranched alkanes of at least 4 members (excludes halogenated alkanes) is 19. The van der Waals surface area contributed by atoms with Gasteiger partial charge in [-0.3, -0.25) is 4.79 Å². The van der Waals surface area contributed by atoms with E-state index in [4.69, 9.17) is 0 Å². The fraction of sp³-hybridized carbons (Fsp3) is 0.853. The number of amides is 1. The molecule has 0 rings (SSSR count). The molecule has 0 radical (unpaired) electrons. The van der Waals surface area contributed by atoms with Gasteiger partial charge in [0.05, 0.1) is 18.8 Å². The van der Waals surface area contributed by atoms with Crippen molar-refractivity contribution in [3.8, 4) is 0 Å². The Hall–Kier alpha value is -1.17. The molecule has 5 nitrogen and oxygen atoms in total. The molecular formula is C34H65NO4. The van der Waals surface area contributed by atoms with Crippen LogP contribution in [0.3, 0.4) is 0 Å². The maximum absolute atomic E-state index is 12.3. The van der Waals surface area contributed by atoms with Gasteiger partial charge in [-0.1, -0.05) is 147 Å². The topological polar surface area (TPSA) is 89.8 Å². The number of rotatable bonds is 29. The predicted molar refractivity (Wildman–Crippen MR) is 167 cm³/mol. The van der Waals surface area contributed by atoms with Crippen molar-refractivity contribution in [2.24, 2.45) is 0 Å². The van der Waals surface area contributed by atoms with Crippen molar-refractivity contribution in [2.75, 3.05) is 6.61 Å². The summed E-state index contributed by atoms with van der Waals surface area (Å²) >= 11 is 0. The van der Waals surface area contributed by atoms with Crippen molar-refractivity contribution in [3.05, 3.63) is 24.3 Å². The molecule has 0 aliphatic carbocycles. The van der Waals surface area contributed by atoms with Gasteiger partial charge < -0.3 is 20.6 Å². The molecule has 1 amide bonds. The second-order valence-electron chi connectivity index (χ2n) is 11.4. The average molecular weight is 552 g/mol. The fourth-order valence-electron chi connectivity index (χ4n) is 4.81. The molecule has 0 aliphatic rings. The number of carbonyl (C=O) groups is 1. The van der Waals surface area contributed by atoms with Gasteiger partial charge in [0.25, 0.3) is 0 Å². The van der Waals surface area contributed by atoms with E-state index in [1.807, 2.05) is 6.08 Å². The molecule has 4 N–H and O–H groups in total. The molecule has 0 spiro atoms. The van der Waals surface area contributed by atoms with E-state index < -0.39 is 24.2 Å². The molecule has 0 heterocycles. The molecule has 0 fully saturated rings. The summed E-state index contributed by atoms with van der Waals surface area (Å²) < 4.78 is 0. The van der Waals surface area contributed by atoms with E-state index in [-0.39, 0.29) is 6.61 Å². The quantitative estimate of drug-likeness (QED) is 0.0556. The molecule has 0 bridgehead atoms. The summed E-state index contributed by atoms with van der Waals surface area (Å²) in [5.41, 5.74) is 0. The Kier molecular flexibility index (Phi) is 28.9. The number of hydrogen-bond acceptors (Lipinski definition) is 4. The van der Waals surface area contributed by atoms with Gasteiger partial charge in [0.2, 0.25) is 5.91 Å². The average Bonchev–Trinajstić information content (AvgIpc) is 2.94. The van der Waals surface area contributed by atoms with Crippen molar-refractivity contribution in [1.29, 1.82) is 0 Å². The Morgan fingerprint density at radius 3 is 1.56 bits per heavy atom. The van der Waals surface area contributed by atoms with Crippen molar-refractivity contribution >= 4 is 5.91 Å². The minimum atomic E-state index is -1.11. The smallest absolute Gasteiger partial charge is 0.249 e. The molecule has 0 aromatic rings. The third-order valence-electron chi connectivity index (χ3n) is 7.54. The molecule has 3 atom stereocenters. The molecule has 5 heteroatoms. The second kappa shape index (κ2) is 29.8. The Balaban J connectivity index is 3.78. The zero-order valence-corrected chi connectivity index (χ0v) is 25.8. The molecular weight excluding hydrogens is 486 g/mol. The molecule has 39 heavy (non-hydrogen) atoms. The normalized spacial score (nSPS) is 14.3. The lowest BCUT2D eigenvalue weighted by Gasteiger charge is -2.21. The lowest BCUT2D eigenvalue weighted by molar-refractivity contribution is -0.131. The van der Waals surface area contributed by atoms with E-state index >= 15 is 0 Å². The molecule has 0 saturated heterocycles. The van der Waals surface area contributed by atoms with Crippen LogP contribution < -0.4 is 5.32 Å². The predicted octanol–water partition coefficient (Wildman–Crippen LogP) is 8.31. The molecule has 0 aromatic carbocycles. The number of carbonyl (C=O) groups excluding carboxylic acids is 1. The first kappa shape index (κ1) is 37.8. The summed E-state index contributed by atoms with van der Waals surface area (Å²) in [4.78, 5) is 12.3. The Labute approximate surface area is 241 Å². The van der Waals surface area contributed by atoms with E-state index in [1.54, 1.807) is 6.08 Å². The van der Waals surface area contributed by atoms with Crippen LogP contribution in [0.5, 0.6) is 0 Å². The van der Waals surface area contributed by atoms with Crippen LogP contribution >= 0.6 is 0 Å². The molecule has 230 valence electrons. The van der Waals surface area contributed by atoms with Gasteiger partial charge in [0.15, 0.2) is 0 Å². The first-order valence-electron chi connectivity index (χ1n) is 16.7. The van der Waals surface area contributed by atoms with Gasteiger partial charge in [-0.15, -0.1) is 0 Å². The molecule has 0 saturated carbocycles. The monoisotopic (exact) mass is 551 g/mol. The summed E-state index contributed by atoms with van der Waals surface area (Å²) in [6, 6.07) is -0.798. The van der Waals surface area contributed by atoms with E-state index in [0.29, 0.717) is 6.42 Å². The lowest BCUT2D eigenvalue weighted by atomic mass is 10.0. The van der Waals surface area contributed by atoms with Gasteiger partial charge in [-0.2, -0.15) is 0 Å². The van der Waals surface area contributed by atoms with Crippen molar-refractivity contribution in [2.45, 2.75) is 180 Å². The maximum atomic E-state index is 12.3. The molecule has 0 aliphatic heterocycles. The van der Waals surface area contributed by atoms with E-state index in [0.717, 1.165) is 44.9 Å². The Morgan fingerprint density at radius 1 is 0.615 bits per heavy atom.